The molecule has 15 heteroatoms. The molecule has 4 atom stereocenters. The molecule has 1 saturated heterocycles. The zero-order valence-electron chi connectivity index (χ0n) is 41.5. The molecule has 0 radical (unpaired) electrons. The quantitative estimate of drug-likeness (QED) is 0.0337. The largest absolute Gasteiger partial charge is 0.488 e. The summed E-state index contributed by atoms with van der Waals surface area (Å²) < 4.78 is 22.6. The van der Waals surface area contributed by atoms with Crippen molar-refractivity contribution in [3.8, 4) is 5.75 Å². The second-order valence-electron chi connectivity index (χ2n) is 19.7. The lowest BCUT2D eigenvalue weighted by molar-refractivity contribution is -0.155. The topological polar surface area (TPSA) is 191 Å². The van der Waals surface area contributed by atoms with Crippen molar-refractivity contribution in [3.05, 3.63) is 150 Å². The molecule has 0 aromatic heterocycles. The molecule has 71 heavy (non-hydrogen) atoms. The zero-order valence-corrected chi connectivity index (χ0v) is 41.5. The van der Waals surface area contributed by atoms with Crippen molar-refractivity contribution >= 4 is 46.6 Å². The van der Waals surface area contributed by atoms with Gasteiger partial charge in [-0.3, -0.25) is 14.4 Å². The summed E-state index contributed by atoms with van der Waals surface area (Å²) in [6, 6.07) is 34.6. The van der Waals surface area contributed by atoms with Crippen LogP contribution in [0.4, 0.5) is 9.59 Å². The number of alkyl carbamates (subject to hydrolysis) is 2. The van der Waals surface area contributed by atoms with E-state index in [-0.39, 0.29) is 52.0 Å². The fourth-order valence-electron chi connectivity index (χ4n) is 8.13. The highest BCUT2D eigenvalue weighted by Crippen LogP contribution is 2.24. The van der Waals surface area contributed by atoms with Crippen LogP contribution in [-0.4, -0.2) is 89.2 Å². The van der Waals surface area contributed by atoms with Gasteiger partial charge < -0.3 is 45.1 Å². The van der Waals surface area contributed by atoms with E-state index in [0.717, 1.165) is 27.5 Å². The predicted octanol–water partition coefficient (Wildman–Crippen LogP) is 8.11. The average Bonchev–Trinajstić information content (AvgIpc) is 3.83. The second kappa shape index (κ2) is 24.9. The number of likely N-dealkylation sites (tertiary alicyclic amines) is 1. The number of amides is 5. The molecule has 0 bridgehead atoms. The number of hydrogen-bond acceptors (Lipinski definition) is 10. The van der Waals surface area contributed by atoms with Crippen LogP contribution in [0.1, 0.15) is 89.5 Å². The number of nitrogens with zero attached hydrogens (tertiary/aromatic N) is 1. The van der Waals surface area contributed by atoms with Crippen LogP contribution in [0.25, 0.3) is 10.8 Å². The van der Waals surface area contributed by atoms with Gasteiger partial charge in [-0.25, -0.2) is 14.4 Å². The molecule has 5 aromatic carbocycles. The number of hydrogen-bond donors (Lipinski definition) is 4. The number of benzene rings is 5. The molecule has 0 aliphatic carbocycles. The Bertz CT molecular complexity index is 2580. The Kier molecular flexibility index (Phi) is 18.6. The molecule has 5 aromatic rings. The van der Waals surface area contributed by atoms with Crippen molar-refractivity contribution in [1.29, 1.82) is 0 Å². The van der Waals surface area contributed by atoms with E-state index in [4.69, 9.17) is 18.9 Å². The zero-order chi connectivity index (χ0) is 51.0. The van der Waals surface area contributed by atoms with Crippen LogP contribution in [0.3, 0.4) is 0 Å². The molecule has 0 spiro atoms. The highest BCUT2D eigenvalue weighted by Gasteiger charge is 2.40. The molecule has 1 aliphatic rings. The molecule has 4 N–H and O–H groups in total. The van der Waals surface area contributed by atoms with Gasteiger partial charge in [0.15, 0.2) is 0 Å². The third kappa shape index (κ3) is 17.2. The van der Waals surface area contributed by atoms with Crippen LogP contribution in [0.2, 0.25) is 0 Å². The highest BCUT2D eigenvalue weighted by atomic mass is 16.6. The van der Waals surface area contributed by atoms with Crippen LogP contribution in [0, 0.1) is 0 Å². The molecule has 5 amide bonds. The Balaban J connectivity index is 1.25. The first-order valence-corrected chi connectivity index (χ1v) is 24.2. The van der Waals surface area contributed by atoms with Gasteiger partial charge in [-0.05, 0) is 112 Å². The normalized spacial score (nSPS) is 14.8. The molecule has 1 aliphatic heterocycles. The van der Waals surface area contributed by atoms with Crippen LogP contribution in [0.5, 0.6) is 5.75 Å². The van der Waals surface area contributed by atoms with E-state index in [1.807, 2.05) is 124 Å². The molecular formula is C56H67N5O10. The summed E-state index contributed by atoms with van der Waals surface area (Å²) in [6.07, 6.45) is -0.295. The Labute approximate surface area is 416 Å². The SMILES string of the molecule is CC(C)(C)OC(=O)N[C@@H](Cc1ccc(OC(C)(C)C)cc1)C(=O)N[C@H](CCCNC(=O)OCc1ccccc1)C(=O)N[C@@H](Cc1ccc2ccccc2c1)C(=O)N1CCC[C@@H]1C(=O)OCc1ccccc1. The average molecular weight is 970 g/mol. The Morgan fingerprint density at radius 3 is 1.82 bits per heavy atom. The van der Waals surface area contributed by atoms with E-state index in [0.29, 0.717) is 24.2 Å². The maximum atomic E-state index is 14.8. The van der Waals surface area contributed by atoms with Crippen LogP contribution < -0.4 is 26.0 Å². The number of carbonyl (C=O) groups excluding carboxylic acids is 6. The van der Waals surface area contributed by atoms with Gasteiger partial charge in [-0.2, -0.15) is 0 Å². The maximum absolute atomic E-state index is 14.8. The van der Waals surface area contributed by atoms with E-state index < -0.39 is 71.2 Å². The summed E-state index contributed by atoms with van der Waals surface area (Å²) >= 11 is 0. The fourth-order valence-corrected chi connectivity index (χ4v) is 8.13. The highest BCUT2D eigenvalue weighted by molar-refractivity contribution is 5.95. The second-order valence-corrected chi connectivity index (χ2v) is 19.7. The first-order valence-electron chi connectivity index (χ1n) is 24.2. The number of rotatable bonds is 20. The smallest absolute Gasteiger partial charge is 0.408 e. The van der Waals surface area contributed by atoms with Crippen molar-refractivity contribution in [2.45, 2.75) is 129 Å². The monoisotopic (exact) mass is 969 g/mol. The van der Waals surface area contributed by atoms with Gasteiger partial charge in [-0.1, -0.05) is 115 Å². The lowest BCUT2D eigenvalue weighted by Gasteiger charge is -2.30. The first kappa shape index (κ1) is 52.9. The molecule has 1 heterocycles. The number of esters is 1. The minimum Gasteiger partial charge on any atom is -0.488 e. The van der Waals surface area contributed by atoms with Gasteiger partial charge >= 0.3 is 18.2 Å². The van der Waals surface area contributed by atoms with Gasteiger partial charge in [0.05, 0.1) is 0 Å². The van der Waals surface area contributed by atoms with E-state index in [2.05, 4.69) is 21.3 Å². The summed E-state index contributed by atoms with van der Waals surface area (Å²) in [4.78, 5) is 85.1. The van der Waals surface area contributed by atoms with Gasteiger partial charge in [0.2, 0.25) is 17.7 Å². The Hall–Kier alpha value is -7.42. The molecule has 15 nitrogen and oxygen atoms in total. The summed E-state index contributed by atoms with van der Waals surface area (Å²) in [5, 5.41) is 13.1. The summed E-state index contributed by atoms with van der Waals surface area (Å²) in [5.41, 5.74) is 1.73. The third-order valence-electron chi connectivity index (χ3n) is 11.5. The molecule has 0 unspecified atom stereocenters. The van der Waals surface area contributed by atoms with Crippen molar-refractivity contribution in [1.82, 2.24) is 26.2 Å². The molecule has 6 rings (SSSR count). The van der Waals surface area contributed by atoms with E-state index in [1.54, 1.807) is 45.0 Å². The maximum Gasteiger partial charge on any atom is 0.408 e. The van der Waals surface area contributed by atoms with E-state index >= 15 is 0 Å². The summed E-state index contributed by atoms with van der Waals surface area (Å²) in [6.45, 7) is 11.3. The summed E-state index contributed by atoms with van der Waals surface area (Å²) in [7, 11) is 0. The van der Waals surface area contributed by atoms with Crippen LogP contribution in [-0.2, 0) is 59.4 Å². The van der Waals surface area contributed by atoms with Gasteiger partial charge in [0.1, 0.15) is 54.3 Å². The van der Waals surface area contributed by atoms with E-state index in [9.17, 15) is 28.8 Å². The predicted molar refractivity (Wildman–Crippen MR) is 270 cm³/mol. The third-order valence-corrected chi connectivity index (χ3v) is 11.5. The molecular weight excluding hydrogens is 903 g/mol. The van der Waals surface area contributed by atoms with Crippen molar-refractivity contribution in [3.63, 3.8) is 0 Å². The lowest BCUT2D eigenvalue weighted by atomic mass is 9.99. The molecule has 0 saturated carbocycles. The van der Waals surface area contributed by atoms with Crippen molar-refractivity contribution in [2.24, 2.45) is 0 Å². The van der Waals surface area contributed by atoms with E-state index in [1.165, 1.54) is 4.90 Å². The van der Waals surface area contributed by atoms with Gasteiger partial charge in [-0.15, -0.1) is 0 Å². The Morgan fingerprint density at radius 1 is 0.592 bits per heavy atom. The van der Waals surface area contributed by atoms with Gasteiger partial charge in [0, 0.05) is 25.9 Å². The van der Waals surface area contributed by atoms with Crippen LogP contribution >= 0.6 is 0 Å². The number of carbonyl (C=O) groups is 6. The molecule has 1 fully saturated rings. The standard InChI is InChI=1S/C56H67N5O10/c1-55(2,3)70-44-29-26-38(27-30-44)34-46(60-54(67)71-56(4,5)6)50(63)58-45(23-15-31-57-53(66)69-37-40-19-11-8-12-20-40)49(62)59-47(35-41-25-28-42-21-13-14-22-43(42)33-41)51(64)61-32-16-24-48(61)52(65)68-36-39-17-9-7-10-18-39/h7-14,17-22,25-30,33,45-48H,15-16,23-24,31-32,34-37H2,1-6H3,(H,57,66)(H,58,63)(H,59,62)(H,60,67)/t45-,46+,47+,48-/m1/s1. The summed E-state index contributed by atoms with van der Waals surface area (Å²) in [5.74, 6) is -1.79. The lowest BCUT2D eigenvalue weighted by Crippen LogP contribution is -2.58. The van der Waals surface area contributed by atoms with Crippen molar-refractivity contribution < 1.29 is 47.7 Å². The van der Waals surface area contributed by atoms with Crippen LogP contribution in [0.15, 0.2) is 127 Å². The minimum atomic E-state index is -1.27. The van der Waals surface area contributed by atoms with Crippen molar-refractivity contribution in [2.75, 3.05) is 13.1 Å². The minimum absolute atomic E-state index is 0.00354. The fraction of sp³-hybridized carbons (Fsp3) is 0.393. The van der Waals surface area contributed by atoms with Gasteiger partial charge in [0.25, 0.3) is 0 Å². The number of fused-ring (bicyclic) bond motifs is 1. The number of nitrogens with one attached hydrogen (secondary N) is 4. The first-order chi connectivity index (χ1) is 33.9. The Morgan fingerprint density at radius 2 is 1.17 bits per heavy atom. The molecule has 376 valence electrons. The number of ether oxygens (including phenoxy) is 4.